The van der Waals surface area contributed by atoms with E-state index in [1.165, 1.54) is 49.0 Å². The summed E-state index contributed by atoms with van der Waals surface area (Å²) in [6.07, 6.45) is 12.7. The summed E-state index contributed by atoms with van der Waals surface area (Å²) in [5, 5.41) is 3.71. The summed E-state index contributed by atoms with van der Waals surface area (Å²) in [5.41, 5.74) is 3.06. The summed E-state index contributed by atoms with van der Waals surface area (Å²) in [5.74, 6) is 0. The summed E-state index contributed by atoms with van der Waals surface area (Å²) < 4.78 is 0. The first-order valence-electron chi connectivity index (χ1n) is 7.92. The van der Waals surface area contributed by atoms with Gasteiger partial charge in [0.25, 0.3) is 0 Å². The van der Waals surface area contributed by atoms with Crippen LogP contribution in [-0.2, 0) is 0 Å². The van der Waals surface area contributed by atoms with Gasteiger partial charge >= 0.3 is 0 Å². The van der Waals surface area contributed by atoms with Crippen LogP contribution in [0.4, 0.5) is 0 Å². The van der Waals surface area contributed by atoms with Gasteiger partial charge in [-0.1, -0.05) is 49.6 Å². The van der Waals surface area contributed by atoms with Gasteiger partial charge in [-0.05, 0) is 50.1 Å². The highest BCUT2D eigenvalue weighted by Crippen LogP contribution is 2.33. The zero-order chi connectivity index (χ0) is 14.2. The molecule has 1 atom stereocenters. The molecule has 1 N–H and O–H groups in total. The second kappa shape index (κ2) is 8.53. The van der Waals surface area contributed by atoms with Crippen LogP contribution in [0.3, 0.4) is 0 Å². The van der Waals surface area contributed by atoms with Gasteiger partial charge in [0.05, 0.1) is 6.04 Å². The molecule has 0 spiro atoms. The van der Waals surface area contributed by atoms with Gasteiger partial charge in [0.2, 0.25) is 0 Å². The summed E-state index contributed by atoms with van der Waals surface area (Å²) in [6, 6.07) is 9.25. The van der Waals surface area contributed by atoms with Crippen molar-refractivity contribution >= 4 is 11.8 Å². The fraction of sp³-hybridized carbons (Fsp3) is 0.556. The molecule has 1 unspecified atom stereocenters. The quantitative estimate of drug-likeness (QED) is 0.580. The molecule has 1 nitrogen and oxygen atoms in total. The number of nitrogens with one attached hydrogen (secondary N) is 1. The Morgan fingerprint density at radius 2 is 1.95 bits per heavy atom. The molecule has 1 aromatic carbocycles. The van der Waals surface area contributed by atoms with Gasteiger partial charge in [-0.25, -0.2) is 0 Å². The van der Waals surface area contributed by atoms with Crippen LogP contribution in [0.5, 0.6) is 0 Å². The van der Waals surface area contributed by atoms with E-state index in [1.807, 2.05) is 11.8 Å². The van der Waals surface area contributed by atoms with Gasteiger partial charge in [-0.3, -0.25) is 0 Å². The van der Waals surface area contributed by atoms with Crippen LogP contribution in [0.25, 0.3) is 0 Å². The lowest BCUT2D eigenvalue weighted by atomic mass is 9.91. The molecular formula is C18H27NS. The topological polar surface area (TPSA) is 12.0 Å². The van der Waals surface area contributed by atoms with Gasteiger partial charge in [-0.15, -0.1) is 11.8 Å². The lowest BCUT2D eigenvalue weighted by Gasteiger charge is -2.25. The molecule has 110 valence electrons. The lowest BCUT2D eigenvalue weighted by Crippen LogP contribution is -2.23. The van der Waals surface area contributed by atoms with Crippen LogP contribution in [0.2, 0.25) is 0 Å². The van der Waals surface area contributed by atoms with Crippen molar-refractivity contribution in [3.63, 3.8) is 0 Å². The zero-order valence-corrected chi connectivity index (χ0v) is 13.6. The molecule has 0 saturated heterocycles. The second-order valence-electron chi connectivity index (χ2n) is 5.46. The van der Waals surface area contributed by atoms with E-state index >= 15 is 0 Å². The molecule has 0 aliphatic heterocycles. The van der Waals surface area contributed by atoms with E-state index in [-0.39, 0.29) is 0 Å². The number of thioether (sulfide) groups is 1. The van der Waals surface area contributed by atoms with Crippen molar-refractivity contribution in [1.29, 1.82) is 0 Å². The fourth-order valence-electron chi connectivity index (χ4n) is 3.03. The SMILES string of the molecule is CCNC(/C1=C/CCCCCC1)c1ccccc1SC. The Morgan fingerprint density at radius 1 is 1.15 bits per heavy atom. The molecule has 0 bridgehead atoms. The van der Waals surface area contributed by atoms with E-state index in [1.54, 1.807) is 5.57 Å². The third-order valence-corrected chi connectivity index (χ3v) is 4.87. The van der Waals surface area contributed by atoms with Crippen LogP contribution in [0.15, 0.2) is 40.8 Å². The fourth-order valence-corrected chi connectivity index (χ4v) is 3.66. The number of hydrogen-bond acceptors (Lipinski definition) is 2. The van der Waals surface area contributed by atoms with Crippen molar-refractivity contribution in [3.05, 3.63) is 41.5 Å². The zero-order valence-electron chi connectivity index (χ0n) is 12.8. The van der Waals surface area contributed by atoms with Gasteiger partial charge in [0.1, 0.15) is 0 Å². The number of rotatable bonds is 5. The first-order valence-corrected chi connectivity index (χ1v) is 9.14. The summed E-state index contributed by atoms with van der Waals surface area (Å²) >= 11 is 1.86. The number of benzene rings is 1. The molecule has 0 fully saturated rings. The van der Waals surface area contributed by atoms with E-state index < -0.39 is 0 Å². The minimum Gasteiger partial charge on any atom is -0.307 e. The van der Waals surface area contributed by atoms with Crippen LogP contribution in [0, 0.1) is 0 Å². The minimum atomic E-state index is 0.404. The molecule has 0 saturated carbocycles. The Balaban J connectivity index is 2.29. The Kier molecular flexibility index (Phi) is 6.68. The molecule has 0 amide bonds. The number of hydrogen-bond donors (Lipinski definition) is 1. The van der Waals surface area contributed by atoms with Crippen LogP contribution in [-0.4, -0.2) is 12.8 Å². The maximum atomic E-state index is 3.71. The van der Waals surface area contributed by atoms with Crippen molar-refractivity contribution in [3.8, 4) is 0 Å². The van der Waals surface area contributed by atoms with E-state index in [0.717, 1.165) is 6.54 Å². The molecule has 20 heavy (non-hydrogen) atoms. The Morgan fingerprint density at radius 3 is 2.75 bits per heavy atom. The Labute approximate surface area is 128 Å². The van der Waals surface area contributed by atoms with Gasteiger partial charge in [0.15, 0.2) is 0 Å². The van der Waals surface area contributed by atoms with Crippen molar-refractivity contribution in [2.45, 2.75) is 56.4 Å². The number of likely N-dealkylation sites (N-methyl/N-ethyl adjacent to an activating group) is 1. The summed E-state index contributed by atoms with van der Waals surface area (Å²) in [6.45, 7) is 3.23. The number of allylic oxidation sites excluding steroid dienone is 1. The molecule has 1 aliphatic rings. The smallest absolute Gasteiger partial charge is 0.0547 e. The van der Waals surface area contributed by atoms with Gasteiger partial charge in [-0.2, -0.15) is 0 Å². The maximum Gasteiger partial charge on any atom is 0.0547 e. The van der Waals surface area contributed by atoms with E-state index in [4.69, 9.17) is 0 Å². The van der Waals surface area contributed by atoms with Gasteiger partial charge in [0, 0.05) is 4.90 Å². The summed E-state index contributed by atoms with van der Waals surface area (Å²) in [4.78, 5) is 1.40. The first-order chi connectivity index (χ1) is 9.86. The maximum absolute atomic E-state index is 3.71. The average Bonchev–Trinajstić information content (AvgIpc) is 2.45. The Hall–Kier alpha value is -0.730. The van der Waals surface area contributed by atoms with Crippen molar-refractivity contribution in [1.82, 2.24) is 5.32 Å². The van der Waals surface area contributed by atoms with Crippen LogP contribution < -0.4 is 5.32 Å². The van der Waals surface area contributed by atoms with E-state index in [0.29, 0.717) is 6.04 Å². The molecular weight excluding hydrogens is 262 g/mol. The molecule has 0 aromatic heterocycles. The van der Waals surface area contributed by atoms with Crippen LogP contribution >= 0.6 is 11.8 Å². The Bertz CT molecular complexity index is 439. The molecule has 2 heteroatoms. The van der Waals surface area contributed by atoms with E-state index in [2.05, 4.69) is 48.8 Å². The molecule has 0 radical (unpaired) electrons. The predicted molar refractivity (Wildman–Crippen MR) is 90.4 cm³/mol. The van der Waals surface area contributed by atoms with Gasteiger partial charge < -0.3 is 5.32 Å². The first kappa shape index (κ1) is 15.7. The normalized spacial score (nSPS) is 20.6. The monoisotopic (exact) mass is 289 g/mol. The molecule has 1 aromatic rings. The summed E-state index contributed by atoms with van der Waals surface area (Å²) in [7, 11) is 0. The third kappa shape index (κ3) is 4.13. The molecule has 0 heterocycles. The standard InChI is InChI=1S/C18H27NS/c1-3-19-18(15-11-7-5-4-6-8-12-15)16-13-9-10-14-17(16)20-2/h9-11,13-14,18-19H,3-8,12H2,1-2H3/b15-11+. The molecule has 2 rings (SSSR count). The molecule has 1 aliphatic carbocycles. The van der Waals surface area contributed by atoms with E-state index in [9.17, 15) is 0 Å². The largest absolute Gasteiger partial charge is 0.307 e. The average molecular weight is 289 g/mol. The highest BCUT2D eigenvalue weighted by atomic mass is 32.2. The third-order valence-electron chi connectivity index (χ3n) is 4.06. The minimum absolute atomic E-state index is 0.404. The van der Waals surface area contributed by atoms with Crippen LogP contribution in [0.1, 0.15) is 57.1 Å². The predicted octanol–water partition coefficient (Wildman–Crippen LogP) is 5.34. The van der Waals surface area contributed by atoms with Crippen molar-refractivity contribution in [2.24, 2.45) is 0 Å². The lowest BCUT2D eigenvalue weighted by molar-refractivity contribution is 0.549. The highest BCUT2D eigenvalue weighted by molar-refractivity contribution is 7.98. The highest BCUT2D eigenvalue weighted by Gasteiger charge is 2.18. The van der Waals surface area contributed by atoms with Crippen molar-refractivity contribution in [2.75, 3.05) is 12.8 Å². The van der Waals surface area contributed by atoms with Crippen molar-refractivity contribution < 1.29 is 0 Å². The second-order valence-corrected chi connectivity index (χ2v) is 6.31.